The van der Waals surface area contributed by atoms with Crippen LogP contribution in [0.1, 0.15) is 29.4 Å². The summed E-state index contributed by atoms with van der Waals surface area (Å²) in [5.41, 5.74) is 0.859. The van der Waals surface area contributed by atoms with E-state index in [-0.39, 0.29) is 5.91 Å². The molecule has 0 bridgehead atoms. The summed E-state index contributed by atoms with van der Waals surface area (Å²) in [7, 11) is 3.96. The lowest BCUT2D eigenvalue weighted by atomic mass is 10.2. The molecule has 1 aromatic rings. The number of nitriles is 1. The quantitative estimate of drug-likeness (QED) is 0.775. The molecule has 1 aromatic heterocycles. The molecule has 19 heavy (non-hydrogen) atoms. The zero-order valence-electron chi connectivity index (χ0n) is 11.8. The van der Waals surface area contributed by atoms with Gasteiger partial charge in [0, 0.05) is 25.8 Å². The number of pyridine rings is 1. The van der Waals surface area contributed by atoms with Crippen LogP contribution in [0.3, 0.4) is 0 Å². The van der Waals surface area contributed by atoms with Crippen LogP contribution in [0.2, 0.25) is 0 Å². The predicted molar refractivity (Wildman–Crippen MR) is 73.7 cm³/mol. The largest absolute Gasteiger partial charge is 0.336 e. The van der Waals surface area contributed by atoms with Gasteiger partial charge in [0.05, 0.1) is 5.56 Å². The Bertz CT molecular complexity index is 448. The van der Waals surface area contributed by atoms with E-state index >= 15 is 0 Å². The first kappa shape index (κ1) is 15.1. The van der Waals surface area contributed by atoms with Crippen LogP contribution >= 0.6 is 0 Å². The van der Waals surface area contributed by atoms with Gasteiger partial charge >= 0.3 is 0 Å². The number of carbonyl (C=O) groups excluding carboxylic acids is 1. The maximum atomic E-state index is 12.3. The molecule has 0 aliphatic rings. The predicted octanol–water partition coefficient (Wildman–Crippen LogP) is 1.37. The van der Waals surface area contributed by atoms with Crippen molar-refractivity contribution in [3.05, 3.63) is 29.6 Å². The van der Waals surface area contributed by atoms with E-state index < -0.39 is 0 Å². The van der Waals surface area contributed by atoms with Crippen molar-refractivity contribution in [1.82, 2.24) is 14.8 Å². The number of carbonyl (C=O) groups is 1. The summed E-state index contributed by atoms with van der Waals surface area (Å²) in [6, 6.07) is 5.23. The maximum absolute atomic E-state index is 12.3. The normalized spacial score (nSPS) is 10.3. The maximum Gasteiger partial charge on any atom is 0.272 e. The highest BCUT2D eigenvalue weighted by atomic mass is 16.2. The molecule has 5 nitrogen and oxygen atoms in total. The monoisotopic (exact) mass is 260 g/mol. The Morgan fingerprint density at radius 2 is 2.05 bits per heavy atom. The highest BCUT2D eigenvalue weighted by Crippen LogP contribution is 2.05. The summed E-state index contributed by atoms with van der Waals surface area (Å²) in [5.74, 6) is -0.0758. The molecule has 0 N–H and O–H groups in total. The van der Waals surface area contributed by atoms with Crippen molar-refractivity contribution in [2.75, 3.05) is 33.7 Å². The van der Waals surface area contributed by atoms with Gasteiger partial charge in [-0.3, -0.25) is 4.79 Å². The van der Waals surface area contributed by atoms with E-state index in [1.54, 1.807) is 17.0 Å². The SMILES string of the molecule is CCCN(CCN(C)C)C(=O)c1ccc(C#N)cn1. The lowest BCUT2D eigenvalue weighted by Gasteiger charge is -2.23. The Labute approximate surface area is 114 Å². The Hall–Kier alpha value is -1.93. The number of amides is 1. The molecule has 5 heteroatoms. The van der Waals surface area contributed by atoms with Gasteiger partial charge in [-0.15, -0.1) is 0 Å². The Morgan fingerprint density at radius 1 is 1.32 bits per heavy atom. The third-order valence-electron chi connectivity index (χ3n) is 2.71. The van der Waals surface area contributed by atoms with E-state index in [2.05, 4.69) is 4.98 Å². The van der Waals surface area contributed by atoms with Gasteiger partial charge in [0.2, 0.25) is 0 Å². The van der Waals surface area contributed by atoms with Crippen LogP contribution in [0.15, 0.2) is 18.3 Å². The molecule has 1 heterocycles. The molecule has 0 unspecified atom stereocenters. The number of likely N-dealkylation sites (N-methyl/N-ethyl adjacent to an activating group) is 1. The molecule has 0 atom stereocenters. The van der Waals surface area contributed by atoms with Gasteiger partial charge < -0.3 is 9.80 Å². The van der Waals surface area contributed by atoms with Crippen LogP contribution in [0.4, 0.5) is 0 Å². The second-order valence-electron chi connectivity index (χ2n) is 4.64. The van der Waals surface area contributed by atoms with E-state index in [0.717, 1.165) is 13.0 Å². The van der Waals surface area contributed by atoms with Gasteiger partial charge in [0.15, 0.2) is 0 Å². The van der Waals surface area contributed by atoms with Crippen LogP contribution in [-0.2, 0) is 0 Å². The van der Waals surface area contributed by atoms with Crippen molar-refractivity contribution in [1.29, 1.82) is 5.26 Å². The van der Waals surface area contributed by atoms with Crippen LogP contribution in [-0.4, -0.2) is 54.4 Å². The smallest absolute Gasteiger partial charge is 0.272 e. The highest BCUT2D eigenvalue weighted by Gasteiger charge is 2.16. The topological polar surface area (TPSA) is 60.2 Å². The van der Waals surface area contributed by atoms with Crippen molar-refractivity contribution in [3.63, 3.8) is 0 Å². The fraction of sp³-hybridized carbons (Fsp3) is 0.500. The van der Waals surface area contributed by atoms with E-state index in [1.807, 2.05) is 32.0 Å². The Morgan fingerprint density at radius 3 is 2.53 bits per heavy atom. The lowest BCUT2D eigenvalue weighted by Crippen LogP contribution is -2.37. The van der Waals surface area contributed by atoms with E-state index in [1.165, 1.54) is 6.20 Å². The van der Waals surface area contributed by atoms with Crippen molar-refractivity contribution < 1.29 is 4.79 Å². The van der Waals surface area contributed by atoms with Gasteiger partial charge in [-0.2, -0.15) is 5.26 Å². The van der Waals surface area contributed by atoms with E-state index in [9.17, 15) is 4.79 Å². The molecule has 0 fully saturated rings. The summed E-state index contributed by atoms with van der Waals surface area (Å²) in [6.07, 6.45) is 2.35. The van der Waals surface area contributed by atoms with Crippen molar-refractivity contribution in [3.8, 4) is 6.07 Å². The molecule has 0 aliphatic carbocycles. The highest BCUT2D eigenvalue weighted by molar-refractivity contribution is 5.92. The summed E-state index contributed by atoms with van der Waals surface area (Å²) < 4.78 is 0. The minimum Gasteiger partial charge on any atom is -0.336 e. The summed E-state index contributed by atoms with van der Waals surface area (Å²) in [4.78, 5) is 20.2. The van der Waals surface area contributed by atoms with E-state index in [0.29, 0.717) is 24.3 Å². The first-order valence-electron chi connectivity index (χ1n) is 6.38. The molecule has 1 rings (SSSR count). The Kier molecular flexibility index (Phi) is 5.97. The lowest BCUT2D eigenvalue weighted by molar-refractivity contribution is 0.0739. The van der Waals surface area contributed by atoms with Gasteiger partial charge in [-0.05, 0) is 32.6 Å². The summed E-state index contributed by atoms with van der Waals surface area (Å²) in [6.45, 7) is 4.26. The van der Waals surface area contributed by atoms with Gasteiger partial charge in [-0.25, -0.2) is 4.98 Å². The number of rotatable bonds is 6. The molecular formula is C14H20N4O. The number of aromatic nitrogens is 1. The molecular weight excluding hydrogens is 240 g/mol. The minimum absolute atomic E-state index is 0.0758. The first-order valence-corrected chi connectivity index (χ1v) is 6.38. The summed E-state index contributed by atoms with van der Waals surface area (Å²) in [5, 5.41) is 8.71. The first-order chi connectivity index (χ1) is 9.08. The molecule has 0 saturated heterocycles. The van der Waals surface area contributed by atoms with Crippen LogP contribution in [0.25, 0.3) is 0 Å². The number of hydrogen-bond acceptors (Lipinski definition) is 4. The van der Waals surface area contributed by atoms with Crippen molar-refractivity contribution in [2.24, 2.45) is 0 Å². The van der Waals surface area contributed by atoms with Crippen molar-refractivity contribution in [2.45, 2.75) is 13.3 Å². The molecule has 0 radical (unpaired) electrons. The van der Waals surface area contributed by atoms with E-state index in [4.69, 9.17) is 5.26 Å². The average molecular weight is 260 g/mol. The second-order valence-corrected chi connectivity index (χ2v) is 4.64. The number of nitrogens with zero attached hydrogens (tertiary/aromatic N) is 4. The summed E-state index contributed by atoms with van der Waals surface area (Å²) >= 11 is 0. The van der Waals surface area contributed by atoms with Gasteiger partial charge in [0.1, 0.15) is 11.8 Å². The molecule has 102 valence electrons. The molecule has 1 amide bonds. The van der Waals surface area contributed by atoms with Crippen LogP contribution in [0.5, 0.6) is 0 Å². The third kappa shape index (κ3) is 4.68. The third-order valence-corrected chi connectivity index (χ3v) is 2.71. The van der Waals surface area contributed by atoms with Gasteiger partial charge in [0.25, 0.3) is 5.91 Å². The molecule has 0 aliphatic heterocycles. The second kappa shape index (κ2) is 7.49. The zero-order valence-corrected chi connectivity index (χ0v) is 11.8. The Balaban J connectivity index is 2.77. The molecule has 0 spiro atoms. The van der Waals surface area contributed by atoms with Crippen LogP contribution in [0, 0.1) is 11.3 Å². The van der Waals surface area contributed by atoms with Gasteiger partial charge in [-0.1, -0.05) is 6.92 Å². The number of hydrogen-bond donors (Lipinski definition) is 0. The fourth-order valence-corrected chi connectivity index (χ4v) is 1.65. The van der Waals surface area contributed by atoms with Crippen LogP contribution < -0.4 is 0 Å². The molecule has 0 aromatic carbocycles. The zero-order chi connectivity index (χ0) is 14.3. The molecule has 0 saturated carbocycles. The standard InChI is InChI=1S/C14H20N4O/c1-4-7-18(9-8-17(2)3)14(19)13-6-5-12(10-15)11-16-13/h5-6,11H,4,7-9H2,1-3H3. The minimum atomic E-state index is -0.0758. The average Bonchev–Trinajstić information content (AvgIpc) is 2.42. The van der Waals surface area contributed by atoms with Crippen molar-refractivity contribution >= 4 is 5.91 Å². The fourth-order valence-electron chi connectivity index (χ4n) is 1.65.